The van der Waals surface area contributed by atoms with E-state index in [0.717, 1.165) is 5.92 Å². The normalized spacial score (nSPS) is 12.5. The molecule has 0 heterocycles. The summed E-state index contributed by atoms with van der Waals surface area (Å²) in [6.07, 6.45) is 23.4. The van der Waals surface area contributed by atoms with Gasteiger partial charge in [-0.3, -0.25) is 0 Å². The quantitative estimate of drug-likeness (QED) is 0.201. The summed E-state index contributed by atoms with van der Waals surface area (Å²) >= 11 is 0. The van der Waals surface area contributed by atoms with Crippen molar-refractivity contribution in [1.29, 1.82) is 0 Å². The lowest BCUT2D eigenvalue weighted by Crippen LogP contribution is -1.99. The topological polar surface area (TPSA) is 0 Å². The monoisotopic (exact) mass is 280 g/mol. The lowest BCUT2D eigenvalue weighted by atomic mass is 9.92. The first-order valence-corrected chi connectivity index (χ1v) is 9.46. The van der Waals surface area contributed by atoms with E-state index in [1.807, 2.05) is 0 Å². The van der Waals surface area contributed by atoms with Crippen LogP contribution in [0.4, 0.5) is 0 Å². The van der Waals surface area contributed by atoms with Crippen LogP contribution in [0, 0.1) is 5.92 Å². The maximum atomic E-state index is 3.79. The number of hydrogen-bond donors (Lipinski definition) is 0. The molecule has 0 spiro atoms. The van der Waals surface area contributed by atoms with E-state index >= 15 is 0 Å². The summed E-state index contributed by atoms with van der Waals surface area (Å²) in [7, 11) is 0. The first-order valence-electron chi connectivity index (χ1n) is 9.46. The molecule has 0 bridgehead atoms. The summed E-state index contributed by atoms with van der Waals surface area (Å²) in [4.78, 5) is 0. The molecule has 0 aliphatic heterocycles. The molecule has 0 aromatic heterocycles. The van der Waals surface area contributed by atoms with Crippen molar-refractivity contribution in [2.75, 3.05) is 0 Å². The Morgan fingerprint density at radius 3 is 1.70 bits per heavy atom. The highest BCUT2D eigenvalue weighted by Crippen LogP contribution is 2.21. The van der Waals surface area contributed by atoms with E-state index in [1.54, 1.807) is 0 Å². The number of rotatable bonds is 16. The summed E-state index contributed by atoms with van der Waals surface area (Å²) in [6.45, 7) is 8.46. The number of hydrogen-bond acceptors (Lipinski definition) is 0. The maximum absolute atomic E-state index is 3.79. The smallest absolute Gasteiger partial charge is 0.0353 e. The Kier molecular flexibility index (Phi) is 16.6. The Balaban J connectivity index is 3.31. The van der Waals surface area contributed by atoms with Gasteiger partial charge in [0.05, 0.1) is 0 Å². The van der Waals surface area contributed by atoms with Crippen molar-refractivity contribution in [2.45, 2.75) is 110 Å². The van der Waals surface area contributed by atoms with Crippen LogP contribution in [-0.2, 0) is 0 Å². The molecule has 0 nitrogen and oxygen atoms in total. The van der Waals surface area contributed by atoms with Gasteiger partial charge in [0, 0.05) is 0 Å². The Bertz CT molecular complexity index is 182. The highest BCUT2D eigenvalue weighted by molar-refractivity contribution is 4.65. The van der Waals surface area contributed by atoms with Crippen LogP contribution in [0.15, 0.2) is 12.7 Å². The fourth-order valence-electron chi connectivity index (χ4n) is 3.02. The van der Waals surface area contributed by atoms with Gasteiger partial charge in [0.15, 0.2) is 0 Å². The van der Waals surface area contributed by atoms with E-state index in [-0.39, 0.29) is 0 Å². The lowest BCUT2D eigenvalue weighted by Gasteiger charge is -2.14. The summed E-state index contributed by atoms with van der Waals surface area (Å²) < 4.78 is 0. The molecule has 20 heavy (non-hydrogen) atoms. The van der Waals surface area contributed by atoms with Gasteiger partial charge in [0.25, 0.3) is 0 Å². The zero-order chi connectivity index (χ0) is 14.9. The van der Waals surface area contributed by atoms with Crippen molar-refractivity contribution < 1.29 is 0 Å². The van der Waals surface area contributed by atoms with E-state index in [2.05, 4.69) is 26.5 Å². The minimum atomic E-state index is 1.00. The summed E-state index contributed by atoms with van der Waals surface area (Å²) in [6, 6.07) is 0. The third-order valence-corrected chi connectivity index (χ3v) is 4.56. The lowest BCUT2D eigenvalue weighted by molar-refractivity contribution is 0.393. The highest BCUT2D eigenvalue weighted by Gasteiger charge is 2.05. The first-order chi connectivity index (χ1) is 9.85. The van der Waals surface area contributed by atoms with E-state index in [9.17, 15) is 0 Å². The number of unbranched alkanes of at least 4 members (excludes halogenated alkanes) is 10. The molecule has 0 radical (unpaired) electrons. The summed E-state index contributed by atoms with van der Waals surface area (Å²) in [5, 5.41) is 0. The van der Waals surface area contributed by atoms with Gasteiger partial charge in [-0.1, -0.05) is 103 Å². The predicted molar refractivity (Wildman–Crippen MR) is 94.3 cm³/mol. The molecule has 0 aliphatic rings. The van der Waals surface area contributed by atoms with Crippen LogP contribution in [0.2, 0.25) is 0 Å². The molecule has 0 aliphatic carbocycles. The highest BCUT2D eigenvalue weighted by atomic mass is 14.1. The van der Waals surface area contributed by atoms with Crippen molar-refractivity contribution in [3.8, 4) is 0 Å². The third-order valence-electron chi connectivity index (χ3n) is 4.56. The van der Waals surface area contributed by atoms with Gasteiger partial charge in [-0.05, 0) is 18.8 Å². The van der Waals surface area contributed by atoms with Crippen molar-refractivity contribution in [1.82, 2.24) is 0 Å². The minimum Gasteiger partial charge on any atom is -0.103 e. The first kappa shape index (κ1) is 19.7. The molecule has 0 saturated heterocycles. The molecule has 0 aromatic carbocycles. The SMILES string of the molecule is C=CCCCCCCC(CC)CCCCCCCCC. The van der Waals surface area contributed by atoms with Crippen LogP contribution in [0.1, 0.15) is 110 Å². The van der Waals surface area contributed by atoms with Crippen molar-refractivity contribution in [2.24, 2.45) is 5.92 Å². The Morgan fingerprint density at radius 1 is 0.700 bits per heavy atom. The van der Waals surface area contributed by atoms with Crippen molar-refractivity contribution in [3.63, 3.8) is 0 Å². The van der Waals surface area contributed by atoms with Gasteiger partial charge in [-0.15, -0.1) is 6.58 Å². The molecule has 1 unspecified atom stereocenters. The molecule has 0 fully saturated rings. The van der Waals surface area contributed by atoms with Crippen LogP contribution in [-0.4, -0.2) is 0 Å². The van der Waals surface area contributed by atoms with E-state index < -0.39 is 0 Å². The Hall–Kier alpha value is -0.260. The average Bonchev–Trinajstić information content (AvgIpc) is 2.47. The van der Waals surface area contributed by atoms with Crippen LogP contribution >= 0.6 is 0 Å². The third kappa shape index (κ3) is 14.2. The Labute approximate surface area is 129 Å². The largest absolute Gasteiger partial charge is 0.103 e. The maximum Gasteiger partial charge on any atom is -0.0353 e. The average molecular weight is 281 g/mol. The second-order valence-corrected chi connectivity index (χ2v) is 6.46. The van der Waals surface area contributed by atoms with Gasteiger partial charge in [-0.25, -0.2) is 0 Å². The zero-order valence-electron chi connectivity index (χ0n) is 14.5. The van der Waals surface area contributed by atoms with Crippen molar-refractivity contribution in [3.05, 3.63) is 12.7 Å². The van der Waals surface area contributed by atoms with Gasteiger partial charge in [0.2, 0.25) is 0 Å². The minimum absolute atomic E-state index is 1.00. The molecule has 0 N–H and O–H groups in total. The van der Waals surface area contributed by atoms with Crippen LogP contribution in [0.5, 0.6) is 0 Å². The van der Waals surface area contributed by atoms with Gasteiger partial charge >= 0.3 is 0 Å². The Morgan fingerprint density at radius 2 is 1.20 bits per heavy atom. The molecule has 120 valence electrons. The van der Waals surface area contributed by atoms with Gasteiger partial charge in [0.1, 0.15) is 0 Å². The molecular formula is C20H40. The molecule has 0 heteroatoms. The molecule has 0 amide bonds. The summed E-state index contributed by atoms with van der Waals surface area (Å²) in [5.74, 6) is 1.00. The van der Waals surface area contributed by atoms with E-state index in [0.29, 0.717) is 0 Å². The standard InChI is InChI=1S/C20H40/c1-4-7-9-11-13-15-17-19-20(6-3)18-16-14-12-10-8-5-2/h5,20H,2,4,6-19H2,1,3H3. The molecule has 0 aromatic rings. The molecule has 1 atom stereocenters. The molecule has 0 saturated carbocycles. The fourth-order valence-corrected chi connectivity index (χ4v) is 3.02. The summed E-state index contributed by atoms with van der Waals surface area (Å²) in [5.41, 5.74) is 0. The van der Waals surface area contributed by atoms with E-state index in [4.69, 9.17) is 0 Å². The zero-order valence-corrected chi connectivity index (χ0v) is 14.5. The molecular weight excluding hydrogens is 240 g/mol. The fraction of sp³-hybridized carbons (Fsp3) is 0.900. The van der Waals surface area contributed by atoms with Crippen LogP contribution in [0.3, 0.4) is 0 Å². The second kappa shape index (κ2) is 16.8. The number of allylic oxidation sites excluding steroid dienone is 1. The van der Waals surface area contributed by atoms with Crippen molar-refractivity contribution >= 4 is 0 Å². The van der Waals surface area contributed by atoms with Gasteiger partial charge in [-0.2, -0.15) is 0 Å². The van der Waals surface area contributed by atoms with Gasteiger partial charge < -0.3 is 0 Å². The second-order valence-electron chi connectivity index (χ2n) is 6.46. The predicted octanol–water partition coefficient (Wildman–Crippen LogP) is 7.68. The van der Waals surface area contributed by atoms with Crippen LogP contribution < -0.4 is 0 Å². The van der Waals surface area contributed by atoms with Crippen LogP contribution in [0.25, 0.3) is 0 Å². The van der Waals surface area contributed by atoms with E-state index in [1.165, 1.54) is 96.3 Å². The molecule has 0 rings (SSSR count).